The second-order valence-corrected chi connectivity index (χ2v) is 5.03. The number of likely N-dealkylation sites (tertiary alicyclic amines) is 1. The molecule has 2 bridgehead atoms. The average Bonchev–Trinajstić information content (AvgIpc) is 2.63. The van der Waals surface area contributed by atoms with Crippen LogP contribution in [-0.4, -0.2) is 41.1 Å². The smallest absolute Gasteiger partial charge is 0.231 e. The van der Waals surface area contributed by atoms with Gasteiger partial charge in [-0.1, -0.05) is 0 Å². The minimum atomic E-state index is -0.276. The number of hydrogen-bond acceptors (Lipinski definition) is 3. The number of carbonyl (C=O) groups excluding carboxylic acids is 1. The largest absolute Gasteiger partial charge is 0.391 e. The van der Waals surface area contributed by atoms with Crippen LogP contribution in [0.5, 0.6) is 0 Å². The van der Waals surface area contributed by atoms with Crippen LogP contribution in [0.4, 0.5) is 0 Å². The molecule has 0 aromatic rings. The van der Waals surface area contributed by atoms with Crippen molar-refractivity contribution in [2.75, 3.05) is 13.1 Å². The molecule has 5 unspecified atom stereocenters. The number of amides is 1. The Hall–Kier alpha value is -0.610. The Morgan fingerprint density at radius 1 is 1.43 bits per heavy atom. The molecule has 1 aliphatic heterocycles. The van der Waals surface area contributed by atoms with E-state index in [0.29, 0.717) is 24.3 Å². The Bertz CT molecular complexity index is 279. The van der Waals surface area contributed by atoms with E-state index < -0.39 is 0 Å². The van der Waals surface area contributed by atoms with E-state index in [2.05, 4.69) is 4.90 Å². The summed E-state index contributed by atoms with van der Waals surface area (Å²) in [7, 11) is 0. The number of aliphatic hydroxyl groups is 1. The summed E-state index contributed by atoms with van der Waals surface area (Å²) >= 11 is 0. The first kappa shape index (κ1) is 8.68. The Kier molecular flexibility index (Phi) is 1.67. The van der Waals surface area contributed by atoms with Gasteiger partial charge in [0.15, 0.2) is 0 Å². The molecule has 14 heavy (non-hydrogen) atoms. The second-order valence-electron chi connectivity index (χ2n) is 5.03. The Labute approximate surface area is 83.1 Å². The third-order valence-electron chi connectivity index (χ3n) is 4.31. The van der Waals surface area contributed by atoms with Gasteiger partial charge in [0.05, 0.1) is 12.6 Å². The summed E-state index contributed by atoms with van der Waals surface area (Å²) in [5.74, 6) is 1.57. The van der Waals surface area contributed by atoms with Crippen LogP contribution in [0.3, 0.4) is 0 Å². The van der Waals surface area contributed by atoms with Crippen molar-refractivity contribution in [2.24, 2.45) is 23.5 Å². The molecule has 4 nitrogen and oxygen atoms in total. The summed E-state index contributed by atoms with van der Waals surface area (Å²) in [4.78, 5) is 13.0. The van der Waals surface area contributed by atoms with Gasteiger partial charge in [-0.05, 0) is 30.6 Å². The SMILES string of the molecule is NC(=O)CN1CC2CC3CC2C1C3O. The number of rotatable bonds is 2. The highest BCUT2D eigenvalue weighted by atomic mass is 16.3. The molecular formula is C10H16N2O2. The van der Waals surface area contributed by atoms with Crippen molar-refractivity contribution in [1.82, 2.24) is 4.90 Å². The van der Waals surface area contributed by atoms with E-state index in [4.69, 9.17) is 5.73 Å². The van der Waals surface area contributed by atoms with E-state index in [-0.39, 0.29) is 18.1 Å². The molecule has 2 saturated carbocycles. The van der Waals surface area contributed by atoms with Crippen LogP contribution in [0.15, 0.2) is 0 Å². The highest BCUT2D eigenvalue weighted by Crippen LogP contribution is 2.54. The third-order valence-corrected chi connectivity index (χ3v) is 4.31. The van der Waals surface area contributed by atoms with Gasteiger partial charge in [0.25, 0.3) is 0 Å². The molecular weight excluding hydrogens is 180 g/mol. The van der Waals surface area contributed by atoms with Crippen molar-refractivity contribution in [3.8, 4) is 0 Å². The van der Waals surface area contributed by atoms with Crippen LogP contribution >= 0.6 is 0 Å². The predicted molar refractivity (Wildman–Crippen MR) is 50.3 cm³/mol. The van der Waals surface area contributed by atoms with E-state index in [9.17, 15) is 9.90 Å². The fourth-order valence-corrected chi connectivity index (χ4v) is 3.92. The van der Waals surface area contributed by atoms with Gasteiger partial charge in [-0.3, -0.25) is 9.69 Å². The molecule has 78 valence electrons. The fraction of sp³-hybridized carbons (Fsp3) is 0.900. The van der Waals surface area contributed by atoms with Crippen molar-refractivity contribution < 1.29 is 9.90 Å². The number of carbonyl (C=O) groups is 1. The van der Waals surface area contributed by atoms with Crippen LogP contribution in [0, 0.1) is 17.8 Å². The first-order valence-corrected chi connectivity index (χ1v) is 5.37. The minimum absolute atomic E-state index is 0.210. The first-order chi connectivity index (χ1) is 6.66. The van der Waals surface area contributed by atoms with Gasteiger partial charge in [-0.25, -0.2) is 0 Å². The summed E-state index contributed by atoms with van der Waals surface area (Å²) in [5.41, 5.74) is 5.20. The zero-order chi connectivity index (χ0) is 9.87. The van der Waals surface area contributed by atoms with Crippen molar-refractivity contribution in [2.45, 2.75) is 25.0 Å². The normalized spacial score (nSPS) is 50.2. The van der Waals surface area contributed by atoms with E-state index in [0.717, 1.165) is 19.4 Å². The highest BCUT2D eigenvalue weighted by Gasteiger charge is 2.58. The lowest BCUT2D eigenvalue weighted by atomic mass is 9.88. The Morgan fingerprint density at radius 3 is 2.86 bits per heavy atom. The third kappa shape index (κ3) is 0.982. The molecule has 3 fully saturated rings. The van der Waals surface area contributed by atoms with Gasteiger partial charge in [0, 0.05) is 12.6 Å². The van der Waals surface area contributed by atoms with Crippen molar-refractivity contribution in [1.29, 1.82) is 0 Å². The number of nitrogens with zero attached hydrogens (tertiary/aromatic N) is 1. The quantitative estimate of drug-likeness (QED) is 0.606. The molecule has 3 rings (SSSR count). The van der Waals surface area contributed by atoms with Crippen LogP contribution in [0.1, 0.15) is 12.8 Å². The van der Waals surface area contributed by atoms with E-state index in [1.165, 1.54) is 0 Å². The average molecular weight is 196 g/mol. The van der Waals surface area contributed by atoms with Crippen LogP contribution < -0.4 is 5.73 Å². The lowest BCUT2D eigenvalue weighted by Crippen LogP contribution is -2.44. The standard InChI is InChI=1S/C10H16N2O2/c11-8(13)4-12-3-6-1-5-2-7(6)9(12)10(5)14/h5-7,9-10,14H,1-4H2,(H2,11,13). The van der Waals surface area contributed by atoms with Crippen molar-refractivity contribution in [3.05, 3.63) is 0 Å². The monoisotopic (exact) mass is 196 g/mol. The van der Waals surface area contributed by atoms with Gasteiger partial charge in [-0.2, -0.15) is 0 Å². The Balaban J connectivity index is 1.81. The molecule has 3 aliphatic rings. The minimum Gasteiger partial charge on any atom is -0.391 e. The molecule has 0 aromatic heterocycles. The van der Waals surface area contributed by atoms with Gasteiger partial charge < -0.3 is 10.8 Å². The van der Waals surface area contributed by atoms with Crippen LogP contribution in [0.2, 0.25) is 0 Å². The van der Waals surface area contributed by atoms with Crippen molar-refractivity contribution >= 4 is 5.91 Å². The van der Waals surface area contributed by atoms with E-state index in [1.54, 1.807) is 0 Å². The molecule has 0 aromatic carbocycles. The molecule has 1 heterocycles. The molecule has 5 atom stereocenters. The fourth-order valence-electron chi connectivity index (χ4n) is 3.92. The maximum Gasteiger partial charge on any atom is 0.231 e. The zero-order valence-electron chi connectivity index (χ0n) is 8.10. The van der Waals surface area contributed by atoms with Gasteiger partial charge >= 0.3 is 0 Å². The number of primary amides is 1. The van der Waals surface area contributed by atoms with E-state index >= 15 is 0 Å². The maximum absolute atomic E-state index is 10.9. The van der Waals surface area contributed by atoms with Crippen molar-refractivity contribution in [3.63, 3.8) is 0 Å². The van der Waals surface area contributed by atoms with Crippen LogP contribution in [0.25, 0.3) is 0 Å². The van der Waals surface area contributed by atoms with E-state index in [1.807, 2.05) is 0 Å². The molecule has 3 N–H and O–H groups in total. The molecule has 4 heteroatoms. The second kappa shape index (κ2) is 2.70. The first-order valence-electron chi connectivity index (χ1n) is 5.37. The lowest BCUT2D eigenvalue weighted by molar-refractivity contribution is -0.119. The molecule has 1 saturated heterocycles. The maximum atomic E-state index is 10.9. The van der Waals surface area contributed by atoms with Gasteiger partial charge in [0.1, 0.15) is 0 Å². The van der Waals surface area contributed by atoms with Crippen LogP contribution in [-0.2, 0) is 4.79 Å². The molecule has 1 amide bonds. The van der Waals surface area contributed by atoms with Gasteiger partial charge in [0.2, 0.25) is 5.91 Å². The summed E-state index contributed by atoms with van der Waals surface area (Å²) in [5, 5.41) is 10.00. The molecule has 2 aliphatic carbocycles. The summed E-state index contributed by atoms with van der Waals surface area (Å²) in [6, 6.07) is 0.228. The number of aliphatic hydroxyl groups excluding tert-OH is 1. The highest BCUT2D eigenvalue weighted by molar-refractivity contribution is 5.76. The number of nitrogens with two attached hydrogens (primary N) is 1. The number of fused-ring (bicyclic) bond motifs is 1. The topological polar surface area (TPSA) is 66.6 Å². The molecule has 0 radical (unpaired) electrons. The summed E-state index contributed by atoms with van der Waals surface area (Å²) in [6.07, 6.45) is 2.10. The Morgan fingerprint density at radius 2 is 2.21 bits per heavy atom. The summed E-state index contributed by atoms with van der Waals surface area (Å²) in [6.45, 7) is 1.28. The summed E-state index contributed by atoms with van der Waals surface area (Å²) < 4.78 is 0. The predicted octanol–water partition coefficient (Wildman–Crippen LogP) is -0.827. The van der Waals surface area contributed by atoms with Gasteiger partial charge in [-0.15, -0.1) is 0 Å². The lowest BCUT2D eigenvalue weighted by Gasteiger charge is -2.27. The number of hydrogen-bond donors (Lipinski definition) is 2. The zero-order valence-corrected chi connectivity index (χ0v) is 8.10. The molecule has 0 spiro atoms.